The van der Waals surface area contributed by atoms with Gasteiger partial charge < -0.3 is 4.57 Å². The fourth-order valence-electron chi connectivity index (χ4n) is 4.11. The maximum Gasteiger partial charge on any atom is 0.244 e. The van der Waals surface area contributed by atoms with E-state index in [1.54, 1.807) is 18.3 Å². The topological polar surface area (TPSA) is 46.4 Å². The van der Waals surface area contributed by atoms with E-state index < -0.39 is 0 Å². The summed E-state index contributed by atoms with van der Waals surface area (Å²) in [5, 5.41) is 5.30. The van der Waals surface area contributed by atoms with Crippen LogP contribution < -0.4 is 5.43 Å². The number of carbonyl (C=O) groups is 1. The minimum absolute atomic E-state index is 0.0822. The number of rotatable bonds is 6. The first-order valence-corrected chi connectivity index (χ1v) is 11.5. The molecule has 0 bridgehead atoms. The van der Waals surface area contributed by atoms with Crippen molar-refractivity contribution in [3.8, 4) is 0 Å². The zero-order valence-electron chi connectivity index (χ0n) is 20.1. The maximum absolute atomic E-state index is 13.3. The highest BCUT2D eigenvalue weighted by Crippen LogP contribution is 2.26. The molecule has 0 aliphatic carbocycles. The van der Waals surface area contributed by atoms with Gasteiger partial charge in [0.2, 0.25) is 5.91 Å². The molecule has 0 fully saturated rings. The van der Waals surface area contributed by atoms with Crippen LogP contribution in [0.1, 0.15) is 48.7 Å². The average molecular weight is 456 g/mol. The van der Waals surface area contributed by atoms with E-state index in [0.29, 0.717) is 6.54 Å². The molecule has 0 aliphatic heterocycles. The van der Waals surface area contributed by atoms with Gasteiger partial charge in [0.25, 0.3) is 0 Å². The van der Waals surface area contributed by atoms with Gasteiger partial charge in [-0.05, 0) is 47.2 Å². The predicted octanol–water partition coefficient (Wildman–Crippen LogP) is 6.13. The predicted molar refractivity (Wildman–Crippen MR) is 137 cm³/mol. The van der Waals surface area contributed by atoms with Gasteiger partial charge in [-0.15, -0.1) is 0 Å². The Morgan fingerprint density at radius 3 is 2.29 bits per heavy atom. The number of halogens is 1. The third-order valence-electron chi connectivity index (χ3n) is 6.10. The summed E-state index contributed by atoms with van der Waals surface area (Å²) in [4.78, 5) is 12.4. The average Bonchev–Trinajstić information content (AvgIpc) is 3.06. The smallest absolute Gasteiger partial charge is 0.244 e. The van der Waals surface area contributed by atoms with Crippen LogP contribution in [0.5, 0.6) is 0 Å². The SMILES string of the molecule is Cc1c(/C=N\NC(=O)Cc2ccc(C(C)(C)C)cc2)c2ccccc2n1Cc1ccc(F)cc1. The van der Waals surface area contributed by atoms with E-state index in [2.05, 4.69) is 54.1 Å². The van der Waals surface area contributed by atoms with Crippen molar-refractivity contribution < 1.29 is 9.18 Å². The second-order valence-electron chi connectivity index (χ2n) is 9.65. The number of hydrogen-bond donors (Lipinski definition) is 1. The van der Waals surface area contributed by atoms with Crippen LogP contribution in [-0.2, 0) is 23.2 Å². The van der Waals surface area contributed by atoms with Crippen molar-refractivity contribution in [2.24, 2.45) is 5.10 Å². The first kappa shape index (κ1) is 23.4. The molecule has 1 heterocycles. The number of para-hydroxylation sites is 1. The first-order chi connectivity index (χ1) is 16.2. The first-order valence-electron chi connectivity index (χ1n) is 11.5. The summed E-state index contributed by atoms with van der Waals surface area (Å²) in [5.41, 5.74) is 8.99. The minimum atomic E-state index is -0.244. The summed E-state index contributed by atoms with van der Waals surface area (Å²) >= 11 is 0. The van der Waals surface area contributed by atoms with Crippen molar-refractivity contribution >= 4 is 23.0 Å². The molecule has 4 aromatic rings. The summed E-state index contributed by atoms with van der Waals surface area (Å²) < 4.78 is 15.5. The number of nitrogens with zero attached hydrogens (tertiary/aromatic N) is 2. The quantitative estimate of drug-likeness (QED) is 0.276. The molecule has 0 spiro atoms. The molecule has 0 unspecified atom stereocenters. The lowest BCUT2D eigenvalue weighted by molar-refractivity contribution is -0.120. The van der Waals surface area contributed by atoms with Crippen LogP contribution in [0.3, 0.4) is 0 Å². The third-order valence-corrected chi connectivity index (χ3v) is 6.10. The lowest BCUT2D eigenvalue weighted by Gasteiger charge is -2.19. The summed E-state index contributed by atoms with van der Waals surface area (Å²) in [7, 11) is 0. The molecular weight excluding hydrogens is 425 g/mol. The van der Waals surface area contributed by atoms with E-state index >= 15 is 0 Å². The standard InChI is InChI=1S/C29H30FN3O/c1-20-26(18-31-32-28(34)17-21-9-13-23(14-10-21)29(2,3)4)25-7-5-6-8-27(25)33(20)19-22-11-15-24(30)16-12-22/h5-16,18H,17,19H2,1-4H3,(H,32,34)/b31-18-. The molecule has 34 heavy (non-hydrogen) atoms. The van der Waals surface area contributed by atoms with Gasteiger partial charge in [0.15, 0.2) is 0 Å². The van der Waals surface area contributed by atoms with Crippen LogP contribution in [0.15, 0.2) is 77.9 Å². The zero-order chi connectivity index (χ0) is 24.3. The van der Waals surface area contributed by atoms with Crippen LogP contribution in [0, 0.1) is 12.7 Å². The van der Waals surface area contributed by atoms with Gasteiger partial charge in [-0.1, -0.05) is 75.4 Å². The molecule has 174 valence electrons. The Morgan fingerprint density at radius 2 is 1.62 bits per heavy atom. The van der Waals surface area contributed by atoms with Gasteiger partial charge in [-0.25, -0.2) is 9.82 Å². The highest BCUT2D eigenvalue weighted by atomic mass is 19.1. The second kappa shape index (κ2) is 9.64. The van der Waals surface area contributed by atoms with Gasteiger partial charge >= 0.3 is 0 Å². The Balaban J connectivity index is 1.49. The fraction of sp³-hybridized carbons (Fsp3) is 0.241. The normalized spacial score (nSPS) is 11.9. The summed E-state index contributed by atoms with van der Waals surface area (Å²) in [6, 6.07) is 22.8. The van der Waals surface area contributed by atoms with Gasteiger partial charge in [0, 0.05) is 28.7 Å². The van der Waals surface area contributed by atoms with E-state index in [1.165, 1.54) is 17.7 Å². The minimum Gasteiger partial charge on any atom is -0.340 e. The van der Waals surface area contributed by atoms with E-state index in [0.717, 1.165) is 33.3 Å². The number of fused-ring (bicyclic) bond motifs is 1. The van der Waals surface area contributed by atoms with E-state index in [9.17, 15) is 9.18 Å². The number of benzene rings is 3. The Kier molecular flexibility index (Phi) is 6.64. The van der Waals surface area contributed by atoms with Gasteiger partial charge in [0.05, 0.1) is 12.6 Å². The van der Waals surface area contributed by atoms with Gasteiger partial charge in [-0.2, -0.15) is 5.10 Å². The van der Waals surface area contributed by atoms with Crippen LogP contribution in [0.2, 0.25) is 0 Å². The fourth-order valence-corrected chi connectivity index (χ4v) is 4.11. The molecule has 1 aromatic heterocycles. The highest BCUT2D eigenvalue weighted by molar-refractivity contribution is 6.01. The molecule has 0 saturated heterocycles. The number of nitrogens with one attached hydrogen (secondary N) is 1. The molecule has 1 N–H and O–H groups in total. The Hall–Kier alpha value is -3.73. The zero-order valence-corrected chi connectivity index (χ0v) is 20.1. The Labute approximate surface area is 200 Å². The number of carbonyl (C=O) groups excluding carboxylic acids is 1. The lowest BCUT2D eigenvalue weighted by atomic mass is 9.86. The Bertz CT molecular complexity index is 1330. The summed E-state index contributed by atoms with van der Waals surface area (Å²) in [6.45, 7) is 9.16. The van der Waals surface area contributed by atoms with Crippen molar-refractivity contribution in [3.05, 3.63) is 107 Å². The largest absolute Gasteiger partial charge is 0.340 e. The second-order valence-corrected chi connectivity index (χ2v) is 9.65. The molecule has 5 heteroatoms. The van der Waals surface area contributed by atoms with E-state index in [-0.39, 0.29) is 23.6 Å². The van der Waals surface area contributed by atoms with Crippen LogP contribution in [-0.4, -0.2) is 16.7 Å². The number of amides is 1. The Morgan fingerprint density at radius 1 is 0.971 bits per heavy atom. The van der Waals surface area contributed by atoms with Crippen LogP contribution >= 0.6 is 0 Å². The molecule has 4 nitrogen and oxygen atoms in total. The molecule has 0 aliphatic rings. The van der Waals surface area contributed by atoms with E-state index in [1.807, 2.05) is 37.3 Å². The van der Waals surface area contributed by atoms with Crippen molar-refractivity contribution in [1.82, 2.24) is 9.99 Å². The molecule has 3 aromatic carbocycles. The van der Waals surface area contributed by atoms with E-state index in [4.69, 9.17) is 0 Å². The summed E-state index contributed by atoms with van der Waals surface area (Å²) in [5.74, 6) is -0.404. The van der Waals surface area contributed by atoms with Crippen molar-refractivity contribution in [2.75, 3.05) is 0 Å². The third kappa shape index (κ3) is 5.25. The number of hydrogen-bond acceptors (Lipinski definition) is 2. The molecule has 1 amide bonds. The lowest BCUT2D eigenvalue weighted by Crippen LogP contribution is -2.20. The van der Waals surface area contributed by atoms with Crippen molar-refractivity contribution in [3.63, 3.8) is 0 Å². The molecular formula is C29H30FN3O. The van der Waals surface area contributed by atoms with Crippen molar-refractivity contribution in [1.29, 1.82) is 0 Å². The number of aromatic nitrogens is 1. The van der Waals surface area contributed by atoms with Gasteiger partial charge in [-0.3, -0.25) is 4.79 Å². The highest BCUT2D eigenvalue weighted by Gasteiger charge is 2.14. The maximum atomic E-state index is 13.3. The van der Waals surface area contributed by atoms with Crippen molar-refractivity contribution in [2.45, 2.75) is 46.1 Å². The van der Waals surface area contributed by atoms with Gasteiger partial charge in [0.1, 0.15) is 5.82 Å². The van der Waals surface area contributed by atoms with Crippen LogP contribution in [0.4, 0.5) is 4.39 Å². The van der Waals surface area contributed by atoms with Crippen LogP contribution in [0.25, 0.3) is 10.9 Å². The molecule has 0 radical (unpaired) electrons. The molecule has 0 atom stereocenters. The monoisotopic (exact) mass is 455 g/mol. The molecule has 4 rings (SSSR count). The molecule has 0 saturated carbocycles. The summed E-state index contributed by atoms with van der Waals surface area (Å²) in [6.07, 6.45) is 1.98. The number of hydrazone groups is 1.